The first-order chi connectivity index (χ1) is 7.41. The summed E-state index contributed by atoms with van der Waals surface area (Å²) in [6, 6.07) is 4.96. The molecule has 1 fully saturated rings. The predicted molar refractivity (Wildman–Crippen MR) is 62.4 cm³/mol. The summed E-state index contributed by atoms with van der Waals surface area (Å²) >= 11 is 5.93. The van der Waals surface area contributed by atoms with Crippen molar-refractivity contribution in [3.63, 3.8) is 0 Å². The van der Waals surface area contributed by atoms with Gasteiger partial charge in [0, 0.05) is 5.69 Å². The van der Waals surface area contributed by atoms with Crippen LogP contribution in [0.25, 0.3) is 0 Å². The van der Waals surface area contributed by atoms with E-state index in [9.17, 15) is 9.90 Å². The van der Waals surface area contributed by atoms with Gasteiger partial charge in [0.1, 0.15) is 0 Å². The molecule has 0 radical (unpaired) electrons. The first kappa shape index (κ1) is 11.2. The van der Waals surface area contributed by atoms with E-state index in [1.807, 2.05) is 0 Å². The van der Waals surface area contributed by atoms with Crippen LogP contribution in [-0.2, 0) is 0 Å². The third-order valence-electron chi connectivity index (χ3n) is 2.61. The number of β-amino-alcohol motifs (C(OH)–C–C–N with tert-alkyl or cyclic N) is 1. The molecule has 5 heteroatoms. The molecular formula is C11H13ClN2O2. The van der Waals surface area contributed by atoms with E-state index < -0.39 is 5.60 Å². The van der Waals surface area contributed by atoms with E-state index in [-0.39, 0.29) is 5.91 Å². The summed E-state index contributed by atoms with van der Waals surface area (Å²) in [4.78, 5) is 13.5. The molecule has 1 aliphatic heterocycles. The molecule has 0 saturated carbocycles. The number of amides is 1. The maximum atomic E-state index is 12.0. The molecule has 3 N–H and O–H groups in total. The fourth-order valence-corrected chi connectivity index (χ4v) is 2.11. The molecule has 0 unspecified atom stereocenters. The molecule has 1 aliphatic rings. The summed E-state index contributed by atoms with van der Waals surface area (Å²) in [6.07, 6.45) is 0. The van der Waals surface area contributed by atoms with E-state index in [4.69, 9.17) is 17.3 Å². The fourth-order valence-electron chi connectivity index (χ4n) is 1.84. The molecular weight excluding hydrogens is 228 g/mol. The van der Waals surface area contributed by atoms with Crippen LogP contribution in [0.1, 0.15) is 17.3 Å². The normalized spacial score (nSPS) is 18.1. The van der Waals surface area contributed by atoms with Gasteiger partial charge in [-0.1, -0.05) is 17.7 Å². The Labute approximate surface area is 98.6 Å². The number of anilines is 1. The van der Waals surface area contributed by atoms with Crippen LogP contribution in [-0.4, -0.2) is 34.6 Å². The second kappa shape index (κ2) is 3.64. The third kappa shape index (κ3) is 1.86. The van der Waals surface area contributed by atoms with Gasteiger partial charge < -0.3 is 15.7 Å². The van der Waals surface area contributed by atoms with Crippen LogP contribution >= 0.6 is 11.6 Å². The topological polar surface area (TPSA) is 66.6 Å². The van der Waals surface area contributed by atoms with Crippen molar-refractivity contribution in [2.45, 2.75) is 12.5 Å². The van der Waals surface area contributed by atoms with Crippen LogP contribution in [0.3, 0.4) is 0 Å². The number of nitrogen functional groups attached to an aromatic ring is 1. The van der Waals surface area contributed by atoms with Gasteiger partial charge in [-0.25, -0.2) is 0 Å². The van der Waals surface area contributed by atoms with Gasteiger partial charge in [0.05, 0.1) is 29.3 Å². The summed E-state index contributed by atoms with van der Waals surface area (Å²) in [5.41, 5.74) is 5.61. The lowest BCUT2D eigenvalue weighted by molar-refractivity contribution is -0.0668. The summed E-state index contributed by atoms with van der Waals surface area (Å²) in [5.74, 6) is -0.227. The number of hydrogen-bond acceptors (Lipinski definition) is 3. The lowest BCUT2D eigenvalue weighted by atomic mass is 9.95. The van der Waals surface area contributed by atoms with Gasteiger partial charge in [0.15, 0.2) is 0 Å². The number of nitrogens with two attached hydrogens (primary N) is 1. The molecule has 4 nitrogen and oxygen atoms in total. The zero-order chi connectivity index (χ0) is 11.9. The van der Waals surface area contributed by atoms with E-state index in [1.54, 1.807) is 25.1 Å². The van der Waals surface area contributed by atoms with Gasteiger partial charge in [-0.3, -0.25) is 4.79 Å². The van der Waals surface area contributed by atoms with Crippen molar-refractivity contribution in [3.8, 4) is 0 Å². The minimum absolute atomic E-state index is 0.227. The van der Waals surface area contributed by atoms with Gasteiger partial charge in [-0.2, -0.15) is 0 Å². The van der Waals surface area contributed by atoms with Crippen molar-refractivity contribution in [1.82, 2.24) is 4.90 Å². The Bertz CT molecular complexity index is 417. The second-order valence-corrected chi connectivity index (χ2v) is 4.77. The largest absolute Gasteiger partial charge is 0.398 e. The van der Waals surface area contributed by atoms with Crippen molar-refractivity contribution in [2.75, 3.05) is 18.8 Å². The average Bonchev–Trinajstić information content (AvgIpc) is 2.13. The maximum Gasteiger partial charge on any atom is 0.257 e. The number of likely N-dealkylation sites (tertiary alicyclic amines) is 1. The number of benzene rings is 1. The minimum Gasteiger partial charge on any atom is -0.398 e. The number of aliphatic hydroxyl groups is 1. The number of rotatable bonds is 1. The Morgan fingerprint density at radius 2 is 2.19 bits per heavy atom. The van der Waals surface area contributed by atoms with Crippen molar-refractivity contribution in [2.24, 2.45) is 0 Å². The maximum absolute atomic E-state index is 12.0. The quantitative estimate of drug-likeness (QED) is 0.724. The fraction of sp³-hybridized carbons (Fsp3) is 0.364. The van der Waals surface area contributed by atoms with Crippen LogP contribution < -0.4 is 5.73 Å². The molecule has 0 atom stereocenters. The lowest BCUT2D eigenvalue weighted by Gasteiger charge is -2.44. The van der Waals surface area contributed by atoms with Crippen LogP contribution in [0.5, 0.6) is 0 Å². The average molecular weight is 241 g/mol. The number of carbonyl (C=O) groups is 1. The summed E-state index contributed by atoms with van der Waals surface area (Å²) in [7, 11) is 0. The van der Waals surface area contributed by atoms with E-state index in [1.165, 1.54) is 4.90 Å². The van der Waals surface area contributed by atoms with Gasteiger partial charge in [-0.15, -0.1) is 0 Å². The van der Waals surface area contributed by atoms with Crippen LogP contribution in [0.2, 0.25) is 5.02 Å². The van der Waals surface area contributed by atoms with E-state index in [2.05, 4.69) is 0 Å². The van der Waals surface area contributed by atoms with E-state index in [0.29, 0.717) is 29.4 Å². The summed E-state index contributed by atoms with van der Waals surface area (Å²) in [5, 5.41) is 9.90. The lowest BCUT2D eigenvalue weighted by Crippen LogP contribution is -2.61. The molecule has 86 valence electrons. The highest BCUT2D eigenvalue weighted by atomic mass is 35.5. The zero-order valence-corrected chi connectivity index (χ0v) is 9.66. The Morgan fingerprint density at radius 1 is 1.56 bits per heavy atom. The Hall–Kier alpha value is -1.26. The molecule has 2 rings (SSSR count). The molecule has 0 spiro atoms. The number of carbonyl (C=O) groups excluding carboxylic acids is 1. The standard InChI is InChI=1S/C11H13ClN2O2/c1-11(16)5-14(6-11)10(15)9-7(12)3-2-4-8(9)13/h2-4,16H,5-6,13H2,1H3. The molecule has 16 heavy (non-hydrogen) atoms. The molecule has 1 heterocycles. The first-order valence-corrected chi connectivity index (χ1v) is 5.34. The highest BCUT2D eigenvalue weighted by Gasteiger charge is 2.40. The highest BCUT2D eigenvalue weighted by molar-refractivity contribution is 6.34. The SMILES string of the molecule is CC1(O)CN(C(=O)c2c(N)cccc2Cl)C1. The summed E-state index contributed by atoms with van der Waals surface area (Å²) < 4.78 is 0. The number of halogens is 1. The molecule has 1 saturated heterocycles. The predicted octanol–water partition coefficient (Wildman–Crippen LogP) is 1.13. The molecule has 0 bridgehead atoms. The molecule has 1 aromatic carbocycles. The van der Waals surface area contributed by atoms with E-state index >= 15 is 0 Å². The van der Waals surface area contributed by atoms with Crippen molar-refractivity contribution in [1.29, 1.82) is 0 Å². The molecule has 0 aromatic heterocycles. The molecule has 1 aromatic rings. The first-order valence-electron chi connectivity index (χ1n) is 4.96. The summed E-state index contributed by atoms with van der Waals surface area (Å²) in [6.45, 7) is 2.32. The molecule has 1 amide bonds. The highest BCUT2D eigenvalue weighted by Crippen LogP contribution is 2.28. The number of hydrogen-bond donors (Lipinski definition) is 2. The molecule has 0 aliphatic carbocycles. The van der Waals surface area contributed by atoms with E-state index in [0.717, 1.165) is 0 Å². The number of nitrogens with zero attached hydrogens (tertiary/aromatic N) is 1. The Morgan fingerprint density at radius 3 is 2.69 bits per heavy atom. The Balaban J connectivity index is 2.23. The monoisotopic (exact) mass is 240 g/mol. The van der Waals surface area contributed by atoms with Crippen LogP contribution in [0.4, 0.5) is 5.69 Å². The van der Waals surface area contributed by atoms with Crippen molar-refractivity contribution in [3.05, 3.63) is 28.8 Å². The van der Waals surface area contributed by atoms with Crippen LogP contribution in [0, 0.1) is 0 Å². The Kier molecular flexibility index (Phi) is 2.56. The van der Waals surface area contributed by atoms with Crippen LogP contribution in [0.15, 0.2) is 18.2 Å². The minimum atomic E-state index is -0.786. The van der Waals surface area contributed by atoms with Gasteiger partial charge >= 0.3 is 0 Å². The van der Waals surface area contributed by atoms with Crippen molar-refractivity contribution < 1.29 is 9.90 Å². The van der Waals surface area contributed by atoms with Gasteiger partial charge in [0.25, 0.3) is 5.91 Å². The second-order valence-electron chi connectivity index (χ2n) is 4.36. The van der Waals surface area contributed by atoms with Gasteiger partial charge in [-0.05, 0) is 19.1 Å². The van der Waals surface area contributed by atoms with Crippen molar-refractivity contribution >= 4 is 23.2 Å². The third-order valence-corrected chi connectivity index (χ3v) is 2.92. The zero-order valence-electron chi connectivity index (χ0n) is 8.90. The van der Waals surface area contributed by atoms with Gasteiger partial charge in [0.2, 0.25) is 0 Å². The smallest absolute Gasteiger partial charge is 0.257 e.